The molecule has 0 saturated carbocycles. The first-order valence-electron chi connectivity index (χ1n) is 16.6. The van der Waals surface area contributed by atoms with Gasteiger partial charge in [-0.05, 0) is 44.6 Å². The van der Waals surface area contributed by atoms with Gasteiger partial charge in [-0.3, -0.25) is 24.1 Å². The summed E-state index contributed by atoms with van der Waals surface area (Å²) in [5.41, 5.74) is 0. The Morgan fingerprint density at radius 1 is 0.643 bits per heavy atom. The smallest absolute Gasteiger partial charge is 0.306 e. The van der Waals surface area contributed by atoms with Gasteiger partial charge in [0.25, 0.3) is 0 Å². The molecule has 0 N–H and O–H groups in total. The topological polar surface area (TPSA) is 108 Å². The van der Waals surface area contributed by atoms with Gasteiger partial charge in [0, 0.05) is 32.2 Å². The van der Waals surface area contributed by atoms with Crippen LogP contribution >= 0.6 is 0 Å². The summed E-state index contributed by atoms with van der Waals surface area (Å²) < 4.78 is 23.4. The molecule has 0 spiro atoms. The van der Waals surface area contributed by atoms with Crippen LogP contribution < -0.4 is 0 Å². The summed E-state index contributed by atoms with van der Waals surface area (Å²) in [7, 11) is 0. The highest BCUT2D eigenvalue weighted by atomic mass is 16.6. The third-order valence-electron chi connectivity index (χ3n) is 7.48. The van der Waals surface area contributed by atoms with Crippen molar-refractivity contribution in [3.63, 3.8) is 0 Å². The predicted octanol–water partition coefficient (Wildman–Crippen LogP) is 6.54. The zero-order valence-electron chi connectivity index (χ0n) is 27.3. The molecule has 0 amide bonds. The van der Waals surface area contributed by atoms with Crippen LogP contribution in [-0.2, 0) is 38.1 Å². The molecule has 0 aromatic heterocycles. The maximum atomic E-state index is 12.8. The Hall–Kier alpha value is -2.16. The fourth-order valence-corrected chi connectivity index (χ4v) is 5.25. The standard InChI is InChI=1S/C33H59NO8/c1-7-17-28(35)39-24-26-32(41-30(37)19-9-3)33(42-31(38)20-10-4)27(40-29(36)18-8-2)23-34(26)22-16-14-12-11-13-15-21-25(5)6/h25-27,32-33H,7-24H2,1-6H3/t26-,27+,32-,33-/m1/s1. The zero-order valence-corrected chi connectivity index (χ0v) is 27.3. The number of piperidine rings is 1. The van der Waals surface area contributed by atoms with E-state index in [-0.39, 0.29) is 44.2 Å². The van der Waals surface area contributed by atoms with Crippen LogP contribution in [0.25, 0.3) is 0 Å². The number of unbranched alkanes of at least 4 members (excludes halogenated alkanes) is 5. The quantitative estimate of drug-likeness (QED) is 0.0781. The second-order valence-corrected chi connectivity index (χ2v) is 12.0. The van der Waals surface area contributed by atoms with Crippen LogP contribution in [0.2, 0.25) is 0 Å². The van der Waals surface area contributed by atoms with Crippen molar-refractivity contribution in [1.82, 2.24) is 4.90 Å². The number of rotatable bonds is 22. The van der Waals surface area contributed by atoms with E-state index in [1.807, 2.05) is 27.7 Å². The molecule has 4 atom stereocenters. The Labute approximate surface area is 254 Å². The summed E-state index contributed by atoms with van der Waals surface area (Å²) in [6, 6.07) is -0.529. The van der Waals surface area contributed by atoms with Gasteiger partial charge < -0.3 is 18.9 Å². The molecule has 1 aliphatic heterocycles. The molecule has 0 unspecified atom stereocenters. The number of hydrogen-bond donors (Lipinski definition) is 0. The van der Waals surface area contributed by atoms with Crippen LogP contribution in [0.15, 0.2) is 0 Å². The van der Waals surface area contributed by atoms with Crippen LogP contribution in [0.1, 0.15) is 138 Å². The molecule has 0 aliphatic carbocycles. The van der Waals surface area contributed by atoms with Crippen LogP contribution in [0, 0.1) is 5.92 Å². The molecule has 0 bridgehead atoms. The molecule has 42 heavy (non-hydrogen) atoms. The maximum absolute atomic E-state index is 12.8. The molecule has 1 rings (SSSR count). The number of likely N-dealkylation sites (tertiary alicyclic amines) is 1. The molecule has 1 saturated heterocycles. The van der Waals surface area contributed by atoms with Crippen molar-refractivity contribution >= 4 is 23.9 Å². The molecule has 0 radical (unpaired) electrons. The van der Waals surface area contributed by atoms with E-state index in [2.05, 4.69) is 18.7 Å². The van der Waals surface area contributed by atoms with Crippen molar-refractivity contribution in [3.05, 3.63) is 0 Å². The van der Waals surface area contributed by atoms with E-state index < -0.39 is 36.3 Å². The monoisotopic (exact) mass is 597 g/mol. The molecule has 9 heteroatoms. The van der Waals surface area contributed by atoms with Crippen molar-refractivity contribution < 1.29 is 38.1 Å². The van der Waals surface area contributed by atoms with Crippen molar-refractivity contribution in [3.8, 4) is 0 Å². The first-order chi connectivity index (χ1) is 20.2. The van der Waals surface area contributed by atoms with Crippen molar-refractivity contribution in [2.24, 2.45) is 5.92 Å². The fourth-order valence-electron chi connectivity index (χ4n) is 5.25. The van der Waals surface area contributed by atoms with Gasteiger partial charge in [0.05, 0.1) is 6.04 Å². The van der Waals surface area contributed by atoms with Gasteiger partial charge in [0.1, 0.15) is 6.61 Å². The number of nitrogens with zero attached hydrogens (tertiary/aromatic N) is 1. The fraction of sp³-hybridized carbons (Fsp3) is 0.879. The average molecular weight is 598 g/mol. The van der Waals surface area contributed by atoms with E-state index in [4.69, 9.17) is 18.9 Å². The van der Waals surface area contributed by atoms with E-state index in [1.54, 1.807) is 0 Å². The number of ether oxygens (including phenoxy) is 4. The van der Waals surface area contributed by atoms with Gasteiger partial charge in [0.2, 0.25) is 0 Å². The van der Waals surface area contributed by atoms with Crippen LogP contribution in [0.3, 0.4) is 0 Å². The summed E-state index contributed by atoms with van der Waals surface area (Å²) >= 11 is 0. The number of carbonyl (C=O) groups excluding carboxylic acids is 4. The molecule has 1 aliphatic rings. The lowest BCUT2D eigenvalue weighted by molar-refractivity contribution is -0.210. The largest absolute Gasteiger partial charge is 0.464 e. The van der Waals surface area contributed by atoms with Gasteiger partial charge in [0.15, 0.2) is 18.3 Å². The predicted molar refractivity (Wildman–Crippen MR) is 163 cm³/mol. The highest BCUT2D eigenvalue weighted by molar-refractivity contribution is 5.72. The first-order valence-corrected chi connectivity index (χ1v) is 16.6. The number of esters is 4. The Balaban J connectivity index is 3.21. The Bertz CT molecular complexity index is 786. The van der Waals surface area contributed by atoms with E-state index >= 15 is 0 Å². The lowest BCUT2D eigenvalue weighted by Gasteiger charge is -2.47. The number of hydrogen-bond acceptors (Lipinski definition) is 9. The summed E-state index contributed by atoms with van der Waals surface area (Å²) in [6.45, 7) is 13.0. The molecule has 1 heterocycles. The second kappa shape index (κ2) is 22.4. The van der Waals surface area contributed by atoms with Gasteiger partial charge in [-0.2, -0.15) is 0 Å². The maximum Gasteiger partial charge on any atom is 0.306 e. The molecule has 9 nitrogen and oxygen atoms in total. The normalized spacial score (nSPS) is 20.7. The summed E-state index contributed by atoms with van der Waals surface area (Å²) in [4.78, 5) is 52.7. The lowest BCUT2D eigenvalue weighted by Crippen LogP contribution is -2.65. The van der Waals surface area contributed by atoms with Crippen LogP contribution in [0.5, 0.6) is 0 Å². The molecule has 0 aromatic rings. The third-order valence-corrected chi connectivity index (χ3v) is 7.48. The third kappa shape index (κ3) is 15.4. The molecule has 244 valence electrons. The van der Waals surface area contributed by atoms with Gasteiger partial charge >= 0.3 is 23.9 Å². The van der Waals surface area contributed by atoms with E-state index in [9.17, 15) is 19.2 Å². The van der Waals surface area contributed by atoms with Crippen LogP contribution in [-0.4, -0.2) is 72.8 Å². The zero-order chi connectivity index (χ0) is 31.3. The Morgan fingerprint density at radius 3 is 1.67 bits per heavy atom. The summed E-state index contributed by atoms with van der Waals surface area (Å²) in [6.07, 6.45) is 8.65. The second-order valence-electron chi connectivity index (χ2n) is 12.0. The molecule has 0 aromatic carbocycles. The minimum atomic E-state index is -0.988. The van der Waals surface area contributed by atoms with Crippen molar-refractivity contribution in [1.29, 1.82) is 0 Å². The SMILES string of the molecule is CCCC(=O)OC[C@@H]1[C@@H](OC(=O)CCC)[C@H](OC(=O)CCC)[C@@H](OC(=O)CCC)CN1CCCCCCCCC(C)C. The molecule has 1 fully saturated rings. The summed E-state index contributed by atoms with van der Waals surface area (Å²) in [5, 5.41) is 0. The van der Waals surface area contributed by atoms with Gasteiger partial charge in [-0.25, -0.2) is 0 Å². The molecular weight excluding hydrogens is 538 g/mol. The van der Waals surface area contributed by atoms with Gasteiger partial charge in [-0.15, -0.1) is 0 Å². The van der Waals surface area contributed by atoms with E-state index in [0.717, 1.165) is 25.2 Å². The van der Waals surface area contributed by atoms with Crippen LogP contribution in [0.4, 0.5) is 0 Å². The summed E-state index contributed by atoms with van der Waals surface area (Å²) in [5.74, 6) is -0.842. The Morgan fingerprint density at radius 2 is 1.12 bits per heavy atom. The van der Waals surface area contributed by atoms with Crippen molar-refractivity contribution in [2.45, 2.75) is 162 Å². The van der Waals surface area contributed by atoms with Gasteiger partial charge in [-0.1, -0.05) is 80.1 Å². The molecular formula is C33H59NO8. The highest BCUT2D eigenvalue weighted by Crippen LogP contribution is 2.29. The highest BCUT2D eigenvalue weighted by Gasteiger charge is 2.50. The first kappa shape index (κ1) is 37.9. The lowest BCUT2D eigenvalue weighted by atomic mass is 9.92. The number of carbonyl (C=O) groups is 4. The Kier molecular flexibility index (Phi) is 20.2. The van der Waals surface area contributed by atoms with E-state index in [1.165, 1.54) is 25.7 Å². The average Bonchev–Trinajstić information content (AvgIpc) is 2.92. The minimum Gasteiger partial charge on any atom is -0.464 e. The van der Waals surface area contributed by atoms with E-state index in [0.29, 0.717) is 38.8 Å². The van der Waals surface area contributed by atoms with Crippen molar-refractivity contribution in [2.75, 3.05) is 19.7 Å². The minimum absolute atomic E-state index is 0.00440.